The number of pyridine rings is 1. The monoisotopic (exact) mass is 267 g/mol. The topological polar surface area (TPSA) is 57.9 Å². The van der Waals surface area contributed by atoms with Gasteiger partial charge >= 0.3 is 0 Å². The number of hydrogen-bond donors (Lipinski definition) is 1. The lowest BCUT2D eigenvalue weighted by molar-refractivity contribution is 0.304. The van der Waals surface area contributed by atoms with E-state index in [4.69, 9.17) is 10.00 Å². The van der Waals surface area contributed by atoms with Crippen molar-refractivity contribution in [1.82, 2.24) is 4.98 Å². The molecule has 1 N–H and O–H groups in total. The van der Waals surface area contributed by atoms with Crippen molar-refractivity contribution in [2.24, 2.45) is 0 Å². The minimum absolute atomic E-state index is 0.144. The van der Waals surface area contributed by atoms with Crippen LogP contribution in [0.15, 0.2) is 42.6 Å². The average molecular weight is 267 g/mol. The summed E-state index contributed by atoms with van der Waals surface area (Å²) in [4.78, 5) is 4.01. The normalized spacial score (nSPS) is 11.4. The van der Waals surface area contributed by atoms with Crippen molar-refractivity contribution in [3.8, 4) is 11.8 Å². The molecule has 2 rings (SSSR count). The van der Waals surface area contributed by atoms with Crippen LogP contribution in [0.1, 0.15) is 18.2 Å². The number of nitrogens with one attached hydrogen (secondary N) is 1. The van der Waals surface area contributed by atoms with Gasteiger partial charge in [-0.2, -0.15) is 5.26 Å². The number of nitrogens with zero attached hydrogens (tertiary/aromatic N) is 2. The van der Waals surface area contributed by atoms with Crippen molar-refractivity contribution in [2.75, 3.05) is 11.9 Å². The Morgan fingerprint density at radius 1 is 1.25 bits per heavy atom. The maximum atomic E-state index is 8.69. The quantitative estimate of drug-likeness (QED) is 0.904. The van der Waals surface area contributed by atoms with Gasteiger partial charge < -0.3 is 10.1 Å². The largest absolute Gasteiger partial charge is 0.491 e. The van der Waals surface area contributed by atoms with Gasteiger partial charge in [-0.25, -0.2) is 4.98 Å². The summed E-state index contributed by atoms with van der Waals surface area (Å²) in [6.07, 6.45) is 1.65. The summed E-state index contributed by atoms with van der Waals surface area (Å²) in [5.41, 5.74) is 2.51. The maximum absolute atomic E-state index is 8.69. The van der Waals surface area contributed by atoms with Crippen molar-refractivity contribution < 1.29 is 4.74 Å². The second-order valence-electron chi connectivity index (χ2n) is 4.71. The fourth-order valence-electron chi connectivity index (χ4n) is 1.73. The van der Waals surface area contributed by atoms with E-state index in [1.165, 1.54) is 5.56 Å². The van der Waals surface area contributed by atoms with Gasteiger partial charge in [0.2, 0.25) is 0 Å². The molecule has 0 spiro atoms. The SMILES string of the molecule is Cc1ccc(OCC(C)Nc2ccc(C#N)nc2)cc1. The van der Waals surface area contributed by atoms with Crippen molar-refractivity contribution in [2.45, 2.75) is 19.9 Å². The lowest BCUT2D eigenvalue weighted by Crippen LogP contribution is -2.23. The summed E-state index contributed by atoms with van der Waals surface area (Å²) < 4.78 is 5.70. The van der Waals surface area contributed by atoms with Crippen molar-refractivity contribution in [3.05, 3.63) is 53.9 Å². The molecular weight excluding hydrogens is 250 g/mol. The molecule has 20 heavy (non-hydrogen) atoms. The summed E-state index contributed by atoms with van der Waals surface area (Å²) in [6.45, 7) is 4.64. The van der Waals surface area contributed by atoms with Gasteiger partial charge in [0.25, 0.3) is 0 Å². The molecule has 0 aliphatic carbocycles. The average Bonchev–Trinajstić information content (AvgIpc) is 2.47. The van der Waals surface area contributed by atoms with E-state index in [9.17, 15) is 0 Å². The van der Waals surface area contributed by atoms with Crippen molar-refractivity contribution >= 4 is 5.69 Å². The zero-order chi connectivity index (χ0) is 14.4. The molecule has 102 valence electrons. The van der Waals surface area contributed by atoms with Gasteiger partial charge in [-0.1, -0.05) is 17.7 Å². The van der Waals surface area contributed by atoms with Gasteiger partial charge in [0.1, 0.15) is 24.1 Å². The van der Waals surface area contributed by atoms with Crippen LogP contribution in [0.4, 0.5) is 5.69 Å². The number of anilines is 1. The van der Waals surface area contributed by atoms with E-state index < -0.39 is 0 Å². The third-order valence-electron chi connectivity index (χ3n) is 2.81. The summed E-state index contributed by atoms with van der Waals surface area (Å²) in [7, 11) is 0. The zero-order valence-electron chi connectivity index (χ0n) is 11.6. The van der Waals surface area contributed by atoms with Crippen LogP contribution in [0.2, 0.25) is 0 Å². The Bertz CT molecular complexity index is 585. The number of hydrogen-bond acceptors (Lipinski definition) is 4. The minimum Gasteiger partial charge on any atom is -0.491 e. The lowest BCUT2D eigenvalue weighted by Gasteiger charge is -2.16. The van der Waals surface area contributed by atoms with Gasteiger partial charge in [-0.15, -0.1) is 0 Å². The third kappa shape index (κ3) is 3.99. The van der Waals surface area contributed by atoms with E-state index >= 15 is 0 Å². The molecule has 0 aliphatic rings. The van der Waals surface area contributed by atoms with Crippen molar-refractivity contribution in [1.29, 1.82) is 5.26 Å². The van der Waals surface area contributed by atoms with Crippen LogP contribution < -0.4 is 10.1 Å². The molecule has 0 bridgehead atoms. The van der Waals surface area contributed by atoms with E-state index in [1.807, 2.05) is 50.2 Å². The number of aryl methyl sites for hydroxylation is 1. The molecule has 1 aromatic carbocycles. The second kappa shape index (κ2) is 6.58. The molecule has 4 heteroatoms. The third-order valence-corrected chi connectivity index (χ3v) is 2.81. The van der Waals surface area contributed by atoms with E-state index in [-0.39, 0.29) is 6.04 Å². The van der Waals surface area contributed by atoms with Crippen LogP contribution in [0, 0.1) is 18.3 Å². The fraction of sp³-hybridized carbons (Fsp3) is 0.250. The molecule has 2 aromatic rings. The molecule has 0 amide bonds. The highest BCUT2D eigenvalue weighted by Gasteiger charge is 2.04. The first kappa shape index (κ1) is 13.9. The molecule has 0 saturated carbocycles. The standard InChI is InChI=1S/C16H17N3O/c1-12-3-7-16(8-4-12)20-11-13(2)19-15-6-5-14(9-17)18-10-15/h3-8,10,13,19H,11H2,1-2H3. The molecular formula is C16H17N3O. The summed E-state index contributed by atoms with van der Waals surface area (Å²) in [5.74, 6) is 0.863. The molecule has 0 radical (unpaired) electrons. The Hall–Kier alpha value is -2.54. The van der Waals surface area contributed by atoms with Gasteiger partial charge in [-0.05, 0) is 38.1 Å². The number of ether oxygens (including phenoxy) is 1. The van der Waals surface area contributed by atoms with Crippen LogP contribution in [0.5, 0.6) is 5.75 Å². The Balaban J connectivity index is 1.84. The molecule has 1 aromatic heterocycles. The van der Waals surface area contributed by atoms with Crippen LogP contribution in [-0.2, 0) is 0 Å². The first-order valence-corrected chi connectivity index (χ1v) is 6.49. The molecule has 4 nitrogen and oxygen atoms in total. The molecule has 0 aliphatic heterocycles. The highest BCUT2D eigenvalue weighted by Crippen LogP contribution is 2.13. The summed E-state index contributed by atoms with van der Waals surface area (Å²) in [5, 5.41) is 12.0. The van der Waals surface area contributed by atoms with E-state index in [0.29, 0.717) is 12.3 Å². The lowest BCUT2D eigenvalue weighted by atomic mass is 10.2. The number of aromatic nitrogens is 1. The molecule has 0 saturated heterocycles. The molecule has 1 atom stereocenters. The van der Waals surface area contributed by atoms with Gasteiger partial charge in [0.15, 0.2) is 0 Å². The highest BCUT2D eigenvalue weighted by molar-refractivity contribution is 5.43. The van der Waals surface area contributed by atoms with E-state index in [1.54, 1.807) is 12.3 Å². The smallest absolute Gasteiger partial charge is 0.140 e. The van der Waals surface area contributed by atoms with Gasteiger partial charge in [0, 0.05) is 0 Å². The number of rotatable bonds is 5. The van der Waals surface area contributed by atoms with Crippen LogP contribution in [0.3, 0.4) is 0 Å². The number of benzene rings is 1. The fourth-order valence-corrected chi connectivity index (χ4v) is 1.73. The first-order valence-electron chi connectivity index (χ1n) is 6.49. The maximum Gasteiger partial charge on any atom is 0.140 e. The molecule has 1 heterocycles. The second-order valence-corrected chi connectivity index (χ2v) is 4.71. The number of nitriles is 1. The Labute approximate surface area is 119 Å². The Kier molecular flexibility index (Phi) is 4.56. The van der Waals surface area contributed by atoms with E-state index in [0.717, 1.165) is 11.4 Å². The van der Waals surface area contributed by atoms with Crippen LogP contribution >= 0.6 is 0 Å². The summed E-state index contributed by atoms with van der Waals surface area (Å²) in [6, 6.07) is 13.6. The zero-order valence-corrected chi connectivity index (χ0v) is 11.6. The Morgan fingerprint density at radius 2 is 2.00 bits per heavy atom. The molecule has 1 unspecified atom stereocenters. The van der Waals surface area contributed by atoms with E-state index in [2.05, 4.69) is 10.3 Å². The predicted octanol–water partition coefficient (Wildman–Crippen LogP) is 3.14. The first-order chi connectivity index (χ1) is 9.67. The van der Waals surface area contributed by atoms with Gasteiger partial charge in [0.05, 0.1) is 17.9 Å². The van der Waals surface area contributed by atoms with Gasteiger partial charge in [-0.3, -0.25) is 0 Å². The van der Waals surface area contributed by atoms with Crippen LogP contribution in [0.25, 0.3) is 0 Å². The minimum atomic E-state index is 0.144. The predicted molar refractivity (Wildman–Crippen MR) is 78.7 cm³/mol. The summed E-state index contributed by atoms with van der Waals surface area (Å²) >= 11 is 0. The Morgan fingerprint density at radius 3 is 2.60 bits per heavy atom. The molecule has 0 fully saturated rings. The van der Waals surface area contributed by atoms with Crippen molar-refractivity contribution in [3.63, 3.8) is 0 Å². The van der Waals surface area contributed by atoms with Crippen LogP contribution in [-0.4, -0.2) is 17.6 Å². The highest BCUT2D eigenvalue weighted by atomic mass is 16.5.